The number of rotatable bonds is 4. The standard InChI is InChI=1S/C26H20O3S/c27-30-28-25(21-13-5-1-6-14-21,22-15-7-2-8-16-22)26(29-30,23-17-9-3-10-18-23)24-19-11-4-12-20-24/h1-20H. The van der Waals surface area contributed by atoms with Crippen LogP contribution in [0.1, 0.15) is 22.3 Å². The number of benzene rings is 4. The van der Waals surface area contributed by atoms with E-state index in [2.05, 4.69) is 0 Å². The third-order valence-electron chi connectivity index (χ3n) is 5.60. The monoisotopic (exact) mass is 412 g/mol. The van der Waals surface area contributed by atoms with E-state index in [-0.39, 0.29) is 0 Å². The first-order chi connectivity index (χ1) is 14.8. The molecule has 0 aliphatic carbocycles. The van der Waals surface area contributed by atoms with E-state index in [1.807, 2.05) is 121 Å². The Labute approximate surface area is 178 Å². The topological polar surface area (TPSA) is 35.5 Å². The molecule has 0 saturated carbocycles. The maximum atomic E-state index is 13.0. The summed E-state index contributed by atoms with van der Waals surface area (Å²) in [6.45, 7) is 0. The summed E-state index contributed by atoms with van der Waals surface area (Å²) in [5, 5.41) is 0. The van der Waals surface area contributed by atoms with Gasteiger partial charge in [0.15, 0.2) is 11.2 Å². The average Bonchev–Trinajstić information content (AvgIpc) is 3.16. The molecule has 1 fully saturated rings. The van der Waals surface area contributed by atoms with E-state index in [9.17, 15) is 4.21 Å². The van der Waals surface area contributed by atoms with Gasteiger partial charge in [-0.05, 0) is 22.3 Å². The molecule has 4 aromatic carbocycles. The molecule has 0 bridgehead atoms. The number of hydrogen-bond acceptors (Lipinski definition) is 3. The predicted molar refractivity (Wildman–Crippen MR) is 118 cm³/mol. The normalized spacial score (nSPS) is 17.6. The Morgan fingerprint density at radius 3 is 0.900 bits per heavy atom. The van der Waals surface area contributed by atoms with Gasteiger partial charge in [-0.15, -0.1) is 0 Å². The first-order valence-corrected chi connectivity index (χ1v) is 10.8. The van der Waals surface area contributed by atoms with Crippen LogP contribution in [0, 0.1) is 0 Å². The van der Waals surface area contributed by atoms with Crippen molar-refractivity contribution in [2.24, 2.45) is 0 Å². The largest absolute Gasteiger partial charge is 0.307 e. The molecule has 3 nitrogen and oxygen atoms in total. The fourth-order valence-corrected chi connectivity index (χ4v) is 5.43. The van der Waals surface area contributed by atoms with Gasteiger partial charge in [0.2, 0.25) is 0 Å². The van der Waals surface area contributed by atoms with Crippen molar-refractivity contribution in [2.45, 2.75) is 11.2 Å². The fourth-order valence-electron chi connectivity index (χ4n) is 4.37. The second-order valence-electron chi connectivity index (χ2n) is 7.20. The fraction of sp³-hybridized carbons (Fsp3) is 0.0769. The second-order valence-corrected chi connectivity index (χ2v) is 7.94. The van der Waals surface area contributed by atoms with Crippen LogP contribution in [-0.2, 0) is 30.9 Å². The van der Waals surface area contributed by atoms with Crippen molar-refractivity contribution in [2.75, 3.05) is 0 Å². The highest BCUT2D eigenvalue weighted by molar-refractivity contribution is 7.75. The molecule has 0 unspecified atom stereocenters. The lowest BCUT2D eigenvalue weighted by atomic mass is 9.66. The van der Waals surface area contributed by atoms with E-state index < -0.39 is 22.6 Å². The lowest BCUT2D eigenvalue weighted by Crippen LogP contribution is -2.48. The minimum Gasteiger partial charge on any atom is -0.248 e. The average molecular weight is 413 g/mol. The van der Waals surface area contributed by atoms with E-state index in [0.29, 0.717) is 0 Å². The Kier molecular flexibility index (Phi) is 4.83. The molecule has 1 aliphatic heterocycles. The van der Waals surface area contributed by atoms with Gasteiger partial charge < -0.3 is 0 Å². The van der Waals surface area contributed by atoms with Crippen LogP contribution in [0.3, 0.4) is 0 Å². The highest BCUT2D eigenvalue weighted by Gasteiger charge is 2.65. The molecule has 0 atom stereocenters. The number of hydrogen-bond donors (Lipinski definition) is 0. The molecule has 4 aromatic rings. The van der Waals surface area contributed by atoms with Crippen LogP contribution < -0.4 is 0 Å². The van der Waals surface area contributed by atoms with Crippen molar-refractivity contribution < 1.29 is 12.6 Å². The van der Waals surface area contributed by atoms with Gasteiger partial charge in [0.25, 0.3) is 0 Å². The molecule has 1 aliphatic rings. The third-order valence-corrected chi connectivity index (χ3v) is 6.38. The van der Waals surface area contributed by atoms with Gasteiger partial charge in [-0.1, -0.05) is 121 Å². The zero-order chi connectivity index (χ0) is 20.4. The highest BCUT2D eigenvalue weighted by atomic mass is 32.2. The molecule has 1 heterocycles. The lowest BCUT2D eigenvalue weighted by molar-refractivity contribution is 0.00370. The maximum absolute atomic E-state index is 13.0. The van der Waals surface area contributed by atoms with Crippen LogP contribution in [-0.4, -0.2) is 4.21 Å². The van der Waals surface area contributed by atoms with Crippen molar-refractivity contribution in [3.05, 3.63) is 144 Å². The van der Waals surface area contributed by atoms with Crippen molar-refractivity contribution in [1.82, 2.24) is 0 Å². The molecule has 0 N–H and O–H groups in total. The van der Waals surface area contributed by atoms with Crippen LogP contribution in [0.15, 0.2) is 121 Å². The maximum Gasteiger partial charge on any atom is 0.307 e. The van der Waals surface area contributed by atoms with E-state index in [0.717, 1.165) is 22.3 Å². The predicted octanol–water partition coefficient (Wildman–Crippen LogP) is 5.50. The zero-order valence-corrected chi connectivity index (χ0v) is 17.0. The van der Waals surface area contributed by atoms with Crippen molar-refractivity contribution in [3.63, 3.8) is 0 Å². The minimum atomic E-state index is -1.96. The van der Waals surface area contributed by atoms with Gasteiger partial charge in [-0.2, -0.15) is 4.21 Å². The van der Waals surface area contributed by atoms with Gasteiger partial charge in [0.05, 0.1) is 0 Å². The van der Waals surface area contributed by atoms with Crippen LogP contribution in [0.2, 0.25) is 0 Å². The molecule has 30 heavy (non-hydrogen) atoms. The summed E-state index contributed by atoms with van der Waals surface area (Å²) in [6.07, 6.45) is 0. The van der Waals surface area contributed by atoms with E-state index in [4.69, 9.17) is 8.37 Å². The van der Waals surface area contributed by atoms with Gasteiger partial charge in [0.1, 0.15) is 0 Å². The Morgan fingerprint density at radius 1 is 0.433 bits per heavy atom. The first-order valence-electron chi connectivity index (χ1n) is 9.80. The summed E-state index contributed by atoms with van der Waals surface area (Å²) in [5.74, 6) is 0. The van der Waals surface area contributed by atoms with E-state index in [1.165, 1.54) is 0 Å². The molecular weight excluding hydrogens is 392 g/mol. The Balaban J connectivity index is 1.94. The first kappa shape index (κ1) is 18.9. The molecule has 0 radical (unpaired) electrons. The summed E-state index contributed by atoms with van der Waals surface area (Å²) >= 11 is -1.96. The van der Waals surface area contributed by atoms with Gasteiger partial charge in [0, 0.05) is 0 Å². The SMILES string of the molecule is O=S1OC(c2ccccc2)(c2ccccc2)C(c2ccccc2)(c2ccccc2)O1. The molecular formula is C26H20O3S. The summed E-state index contributed by atoms with van der Waals surface area (Å²) in [5.41, 5.74) is 1.18. The molecule has 4 heteroatoms. The quantitative estimate of drug-likeness (QED) is 0.444. The Hall–Kier alpha value is -3.05. The van der Waals surface area contributed by atoms with Crippen LogP contribution in [0.4, 0.5) is 0 Å². The van der Waals surface area contributed by atoms with Crippen LogP contribution in [0.5, 0.6) is 0 Å². The summed E-state index contributed by atoms with van der Waals surface area (Å²) in [7, 11) is 0. The van der Waals surface area contributed by atoms with Crippen molar-refractivity contribution >= 4 is 11.4 Å². The summed E-state index contributed by atoms with van der Waals surface area (Å²) in [6, 6.07) is 39.5. The van der Waals surface area contributed by atoms with Crippen molar-refractivity contribution in [3.8, 4) is 0 Å². The third kappa shape index (κ3) is 2.76. The van der Waals surface area contributed by atoms with E-state index in [1.54, 1.807) is 0 Å². The van der Waals surface area contributed by atoms with Crippen LogP contribution >= 0.6 is 0 Å². The van der Waals surface area contributed by atoms with Gasteiger partial charge in [-0.3, -0.25) is 0 Å². The molecule has 0 spiro atoms. The van der Waals surface area contributed by atoms with Crippen molar-refractivity contribution in [1.29, 1.82) is 0 Å². The summed E-state index contributed by atoms with van der Waals surface area (Å²) < 4.78 is 25.6. The van der Waals surface area contributed by atoms with Gasteiger partial charge >= 0.3 is 11.4 Å². The van der Waals surface area contributed by atoms with E-state index >= 15 is 0 Å². The summed E-state index contributed by atoms with van der Waals surface area (Å²) in [4.78, 5) is 0. The zero-order valence-electron chi connectivity index (χ0n) is 16.2. The lowest BCUT2D eigenvalue weighted by Gasteiger charge is -2.42. The van der Waals surface area contributed by atoms with Crippen LogP contribution in [0.25, 0.3) is 0 Å². The molecule has 0 amide bonds. The molecule has 5 rings (SSSR count). The smallest absolute Gasteiger partial charge is 0.248 e. The molecule has 0 aromatic heterocycles. The van der Waals surface area contributed by atoms with Gasteiger partial charge in [-0.25, -0.2) is 8.37 Å². The molecule has 148 valence electrons. The minimum absolute atomic E-state index is 0.870. The second kappa shape index (κ2) is 7.65. The Morgan fingerprint density at radius 2 is 0.667 bits per heavy atom. The Bertz CT molecular complexity index is 974. The molecule has 1 saturated heterocycles. The highest BCUT2D eigenvalue weighted by Crippen LogP contribution is 2.59.